The second-order valence-electron chi connectivity index (χ2n) is 14.7. The SMILES string of the molecule is CCCCCCCOC(=O)C(c1ncc[nH]1)N(Cc1ccc(C(=O)Nc2ccc(CN(CCC)CCC)cc2)cc1)C(C(=O)OCCCCCCC)c1ncc[nH]1. The smallest absolute Gasteiger partial charge is 0.331 e. The standard InChI is InChI=1S/C45H65N7O5/c1-5-9-11-13-15-31-56-44(54)39(41-46-25-26-47-41)52(40(42-48-27-28-49-42)45(55)57-32-16-14-12-10-6-2)34-36-17-21-37(22-18-36)43(53)50-38-23-19-35(20-24-38)33-51(29-7-3)30-8-4/h17-28,39-40H,5-16,29-34H2,1-4H3,(H,46,47)(H,48,49)(H,50,53). The van der Waals surface area contributed by atoms with Crippen molar-refractivity contribution in [1.82, 2.24) is 29.7 Å². The maximum absolute atomic E-state index is 14.1. The quantitative estimate of drug-likeness (QED) is 0.0379. The molecule has 2 aromatic carbocycles. The number of imidazole rings is 2. The van der Waals surface area contributed by atoms with Gasteiger partial charge < -0.3 is 24.8 Å². The highest BCUT2D eigenvalue weighted by Gasteiger charge is 2.42. The predicted molar refractivity (Wildman–Crippen MR) is 224 cm³/mol. The van der Waals surface area contributed by atoms with E-state index >= 15 is 0 Å². The van der Waals surface area contributed by atoms with Crippen molar-refractivity contribution in [3.05, 3.63) is 102 Å². The number of rotatable bonds is 28. The zero-order valence-corrected chi connectivity index (χ0v) is 34.6. The molecule has 2 atom stereocenters. The molecule has 2 heterocycles. The van der Waals surface area contributed by atoms with Crippen LogP contribution in [0.4, 0.5) is 5.69 Å². The Hall–Kier alpha value is -4.81. The summed E-state index contributed by atoms with van der Waals surface area (Å²) in [4.78, 5) is 60.9. The van der Waals surface area contributed by atoms with Crippen molar-refractivity contribution in [3.63, 3.8) is 0 Å². The molecular weight excluding hydrogens is 719 g/mol. The van der Waals surface area contributed by atoms with Crippen LogP contribution in [-0.2, 0) is 32.2 Å². The lowest BCUT2D eigenvalue weighted by Gasteiger charge is -2.34. The number of unbranched alkanes of at least 4 members (excludes halogenated alkanes) is 8. The zero-order chi connectivity index (χ0) is 40.7. The largest absolute Gasteiger partial charge is 0.464 e. The second-order valence-corrected chi connectivity index (χ2v) is 14.7. The van der Waals surface area contributed by atoms with Gasteiger partial charge in [-0.2, -0.15) is 0 Å². The number of H-pyrrole nitrogens is 2. The summed E-state index contributed by atoms with van der Waals surface area (Å²) in [6.07, 6.45) is 18.7. The van der Waals surface area contributed by atoms with Gasteiger partial charge in [-0.1, -0.05) is 103 Å². The summed E-state index contributed by atoms with van der Waals surface area (Å²) >= 11 is 0. The Morgan fingerprint density at radius 1 is 0.614 bits per heavy atom. The predicted octanol–water partition coefficient (Wildman–Crippen LogP) is 9.32. The Balaban J connectivity index is 1.56. The van der Waals surface area contributed by atoms with Gasteiger partial charge in [0.2, 0.25) is 0 Å². The monoisotopic (exact) mass is 784 g/mol. The number of nitrogens with one attached hydrogen (secondary N) is 3. The van der Waals surface area contributed by atoms with Gasteiger partial charge in [0.1, 0.15) is 11.6 Å². The van der Waals surface area contributed by atoms with Gasteiger partial charge in [0.15, 0.2) is 12.1 Å². The van der Waals surface area contributed by atoms with E-state index in [-0.39, 0.29) is 25.7 Å². The number of benzene rings is 2. The van der Waals surface area contributed by atoms with E-state index in [9.17, 15) is 14.4 Å². The molecule has 4 aromatic rings. The van der Waals surface area contributed by atoms with Crippen molar-refractivity contribution in [2.24, 2.45) is 0 Å². The number of esters is 2. The molecule has 2 aromatic heterocycles. The summed E-state index contributed by atoms with van der Waals surface area (Å²) < 4.78 is 11.8. The van der Waals surface area contributed by atoms with E-state index in [4.69, 9.17) is 9.47 Å². The number of aromatic nitrogens is 4. The Morgan fingerprint density at radius 3 is 1.54 bits per heavy atom. The van der Waals surface area contributed by atoms with Crippen LogP contribution in [0.3, 0.4) is 0 Å². The molecule has 310 valence electrons. The average Bonchev–Trinajstić information content (AvgIpc) is 3.95. The fourth-order valence-corrected chi connectivity index (χ4v) is 6.94. The minimum Gasteiger partial charge on any atom is -0.464 e. The molecule has 0 spiro atoms. The summed E-state index contributed by atoms with van der Waals surface area (Å²) in [5.41, 5.74) is 3.15. The topological polar surface area (TPSA) is 146 Å². The van der Waals surface area contributed by atoms with Crippen molar-refractivity contribution in [2.45, 2.75) is 130 Å². The fraction of sp³-hybridized carbons (Fsp3) is 0.533. The highest BCUT2D eigenvalue weighted by molar-refractivity contribution is 6.04. The Labute approximate surface area is 339 Å². The third kappa shape index (κ3) is 14.9. The summed E-state index contributed by atoms with van der Waals surface area (Å²) in [6, 6.07) is 13.0. The molecule has 4 rings (SSSR count). The number of anilines is 1. The highest BCUT2D eigenvalue weighted by Crippen LogP contribution is 2.33. The molecule has 0 radical (unpaired) electrons. The van der Waals surface area contributed by atoms with Crippen LogP contribution in [0.15, 0.2) is 73.3 Å². The summed E-state index contributed by atoms with van der Waals surface area (Å²) in [6.45, 7) is 12.3. The van der Waals surface area contributed by atoms with E-state index in [1.165, 1.54) is 5.56 Å². The van der Waals surface area contributed by atoms with Gasteiger partial charge in [-0.15, -0.1) is 0 Å². The average molecular weight is 784 g/mol. The Morgan fingerprint density at radius 2 is 1.09 bits per heavy atom. The van der Waals surface area contributed by atoms with Gasteiger partial charge in [0.25, 0.3) is 5.91 Å². The molecule has 0 aliphatic heterocycles. The van der Waals surface area contributed by atoms with Gasteiger partial charge in [-0.05, 0) is 74.2 Å². The second kappa shape index (κ2) is 25.4. The van der Waals surface area contributed by atoms with Crippen LogP contribution in [0.1, 0.15) is 150 Å². The number of nitrogens with zero attached hydrogens (tertiary/aromatic N) is 4. The van der Waals surface area contributed by atoms with Crippen molar-refractivity contribution in [2.75, 3.05) is 31.6 Å². The van der Waals surface area contributed by atoms with Gasteiger partial charge in [0.05, 0.1) is 13.2 Å². The van der Waals surface area contributed by atoms with E-state index in [0.29, 0.717) is 22.9 Å². The maximum Gasteiger partial charge on any atom is 0.331 e. The molecule has 0 saturated carbocycles. The fourth-order valence-electron chi connectivity index (χ4n) is 6.94. The molecule has 57 heavy (non-hydrogen) atoms. The van der Waals surface area contributed by atoms with Crippen LogP contribution in [-0.4, -0.2) is 73.9 Å². The summed E-state index contributed by atoms with van der Waals surface area (Å²) in [7, 11) is 0. The van der Waals surface area contributed by atoms with E-state index in [0.717, 1.165) is 102 Å². The van der Waals surface area contributed by atoms with Crippen molar-refractivity contribution < 1.29 is 23.9 Å². The first-order chi connectivity index (χ1) is 27.9. The van der Waals surface area contributed by atoms with Gasteiger partial charge >= 0.3 is 11.9 Å². The number of hydrogen-bond acceptors (Lipinski definition) is 9. The number of carbonyl (C=O) groups is 3. The van der Waals surface area contributed by atoms with Gasteiger partial charge in [-0.3, -0.25) is 14.6 Å². The lowest BCUT2D eigenvalue weighted by molar-refractivity contribution is -0.160. The molecule has 0 bridgehead atoms. The molecule has 3 N–H and O–H groups in total. The summed E-state index contributed by atoms with van der Waals surface area (Å²) in [5.74, 6) is -0.637. The number of ether oxygens (including phenoxy) is 2. The molecular formula is C45H65N7O5. The van der Waals surface area contributed by atoms with Crippen LogP contribution in [0.5, 0.6) is 0 Å². The van der Waals surface area contributed by atoms with Crippen molar-refractivity contribution >= 4 is 23.5 Å². The van der Waals surface area contributed by atoms with Crippen LogP contribution < -0.4 is 5.32 Å². The molecule has 12 heteroatoms. The lowest BCUT2D eigenvalue weighted by atomic mass is 10.1. The minimum absolute atomic E-state index is 0.115. The molecule has 12 nitrogen and oxygen atoms in total. The van der Waals surface area contributed by atoms with Gasteiger partial charge in [0, 0.05) is 49.1 Å². The third-order valence-corrected chi connectivity index (χ3v) is 9.93. The Kier molecular flexibility index (Phi) is 20.0. The van der Waals surface area contributed by atoms with Crippen LogP contribution in [0, 0.1) is 0 Å². The number of carbonyl (C=O) groups excluding carboxylic acids is 3. The van der Waals surface area contributed by atoms with E-state index in [1.54, 1.807) is 41.8 Å². The maximum atomic E-state index is 14.1. The van der Waals surface area contributed by atoms with Crippen LogP contribution >= 0.6 is 0 Å². The van der Waals surface area contributed by atoms with E-state index < -0.39 is 24.0 Å². The highest BCUT2D eigenvalue weighted by atomic mass is 16.5. The van der Waals surface area contributed by atoms with Gasteiger partial charge in [-0.25, -0.2) is 19.6 Å². The minimum atomic E-state index is -1.09. The number of aromatic amines is 2. The van der Waals surface area contributed by atoms with E-state index in [2.05, 4.69) is 70.0 Å². The summed E-state index contributed by atoms with van der Waals surface area (Å²) in [5, 5.41) is 3.01. The first-order valence-electron chi connectivity index (χ1n) is 21.2. The normalized spacial score (nSPS) is 12.5. The molecule has 2 unspecified atom stereocenters. The van der Waals surface area contributed by atoms with Crippen molar-refractivity contribution in [3.8, 4) is 0 Å². The first-order valence-corrected chi connectivity index (χ1v) is 21.2. The number of hydrogen-bond donors (Lipinski definition) is 3. The molecule has 0 fully saturated rings. The molecule has 0 aliphatic carbocycles. The first kappa shape index (κ1) is 44.9. The van der Waals surface area contributed by atoms with Crippen LogP contribution in [0.25, 0.3) is 0 Å². The molecule has 1 amide bonds. The molecule has 0 saturated heterocycles. The van der Waals surface area contributed by atoms with E-state index in [1.807, 2.05) is 24.3 Å². The zero-order valence-electron chi connectivity index (χ0n) is 34.6. The molecule has 0 aliphatic rings. The van der Waals surface area contributed by atoms with Crippen LogP contribution in [0.2, 0.25) is 0 Å². The lowest BCUT2D eigenvalue weighted by Crippen LogP contribution is -2.42. The number of amides is 1. The van der Waals surface area contributed by atoms with Crippen molar-refractivity contribution in [1.29, 1.82) is 0 Å². The third-order valence-electron chi connectivity index (χ3n) is 9.93. The Bertz CT molecular complexity index is 1620.